The predicted octanol–water partition coefficient (Wildman–Crippen LogP) is 1.95. The van der Waals surface area contributed by atoms with Gasteiger partial charge in [-0.25, -0.2) is 4.68 Å². The van der Waals surface area contributed by atoms with Gasteiger partial charge in [-0.05, 0) is 18.4 Å². The molecule has 0 aliphatic heterocycles. The lowest BCUT2D eigenvalue weighted by molar-refractivity contribution is 0.162. The van der Waals surface area contributed by atoms with Gasteiger partial charge in [0.25, 0.3) is 0 Å². The van der Waals surface area contributed by atoms with Crippen molar-refractivity contribution >= 4 is 0 Å². The van der Waals surface area contributed by atoms with Crippen molar-refractivity contribution in [3.63, 3.8) is 0 Å². The summed E-state index contributed by atoms with van der Waals surface area (Å²) < 4.78 is 1.84. The summed E-state index contributed by atoms with van der Waals surface area (Å²) in [6.45, 7) is 0.733. The van der Waals surface area contributed by atoms with Gasteiger partial charge >= 0.3 is 0 Å². The molecule has 1 heterocycles. The minimum atomic E-state index is -0.244. The van der Waals surface area contributed by atoms with Crippen molar-refractivity contribution in [2.75, 3.05) is 0 Å². The first kappa shape index (κ1) is 11.4. The largest absolute Gasteiger partial charge is 0.392 e. The van der Waals surface area contributed by atoms with E-state index in [2.05, 4.69) is 22.4 Å². The summed E-state index contributed by atoms with van der Waals surface area (Å²) in [4.78, 5) is 0. The first-order valence-corrected chi connectivity index (χ1v) is 6.45. The zero-order chi connectivity index (χ0) is 12.4. The summed E-state index contributed by atoms with van der Waals surface area (Å²) in [5, 5.41) is 18.2. The maximum absolute atomic E-state index is 9.86. The van der Waals surface area contributed by atoms with Gasteiger partial charge in [-0.3, -0.25) is 0 Å². The third kappa shape index (κ3) is 2.29. The molecule has 0 saturated heterocycles. The Kier molecular flexibility index (Phi) is 3.11. The Hall–Kier alpha value is -1.68. The molecule has 1 aromatic carbocycles. The van der Waals surface area contributed by atoms with Crippen LogP contribution in [0, 0.1) is 0 Å². The molecule has 2 atom stereocenters. The highest BCUT2D eigenvalue weighted by Gasteiger charge is 2.28. The number of nitrogens with zero attached hydrogens (tertiary/aromatic N) is 3. The van der Waals surface area contributed by atoms with Crippen LogP contribution in [0.1, 0.15) is 36.4 Å². The zero-order valence-corrected chi connectivity index (χ0v) is 10.2. The lowest BCUT2D eigenvalue weighted by Crippen LogP contribution is -2.11. The molecular weight excluding hydrogens is 226 g/mol. The molecule has 1 N–H and O–H groups in total. The molecule has 0 radical (unpaired) electrons. The summed E-state index contributed by atoms with van der Waals surface area (Å²) in [5.41, 5.74) is 2.14. The zero-order valence-electron chi connectivity index (χ0n) is 10.2. The van der Waals surface area contributed by atoms with Gasteiger partial charge < -0.3 is 5.11 Å². The third-order valence-corrected chi connectivity index (χ3v) is 3.60. The number of benzene rings is 1. The Morgan fingerprint density at radius 2 is 2.06 bits per heavy atom. The lowest BCUT2D eigenvalue weighted by Gasteiger charge is -2.09. The van der Waals surface area contributed by atoms with Gasteiger partial charge in [0.15, 0.2) is 0 Å². The smallest absolute Gasteiger partial charge is 0.0883 e. The van der Waals surface area contributed by atoms with Crippen LogP contribution in [0.2, 0.25) is 0 Å². The van der Waals surface area contributed by atoms with Crippen LogP contribution in [-0.2, 0) is 6.54 Å². The van der Waals surface area contributed by atoms with Crippen molar-refractivity contribution in [2.45, 2.75) is 37.8 Å². The second-order valence-corrected chi connectivity index (χ2v) is 4.93. The standard InChI is InChI=1S/C14H17N3O/c18-14-8-4-7-12(14)13-10-17(16-15-13)9-11-5-2-1-3-6-11/h1-3,5-6,10,12,14,18H,4,7-9H2/t12-,14+/m1/s1. The van der Waals surface area contributed by atoms with Crippen molar-refractivity contribution in [3.8, 4) is 0 Å². The molecule has 2 aromatic rings. The summed E-state index contributed by atoms with van der Waals surface area (Å²) >= 11 is 0. The normalized spacial score (nSPS) is 23.4. The van der Waals surface area contributed by atoms with E-state index in [4.69, 9.17) is 0 Å². The van der Waals surface area contributed by atoms with Gasteiger partial charge in [-0.15, -0.1) is 5.10 Å². The number of aliphatic hydroxyl groups is 1. The van der Waals surface area contributed by atoms with Crippen molar-refractivity contribution in [3.05, 3.63) is 47.8 Å². The molecule has 3 rings (SSSR count). The lowest BCUT2D eigenvalue weighted by atomic mass is 10.0. The van der Waals surface area contributed by atoms with Gasteiger partial charge in [0.05, 0.1) is 18.3 Å². The van der Waals surface area contributed by atoms with E-state index < -0.39 is 0 Å². The summed E-state index contributed by atoms with van der Waals surface area (Å²) in [7, 11) is 0. The van der Waals surface area contributed by atoms with Gasteiger partial charge in [0.1, 0.15) is 0 Å². The Labute approximate surface area is 106 Å². The molecule has 18 heavy (non-hydrogen) atoms. The first-order chi connectivity index (χ1) is 8.83. The molecule has 4 nitrogen and oxygen atoms in total. The van der Waals surface area contributed by atoms with Crippen molar-refractivity contribution < 1.29 is 5.11 Å². The summed E-state index contributed by atoms with van der Waals surface area (Å²) in [5.74, 6) is 0.175. The van der Waals surface area contributed by atoms with E-state index >= 15 is 0 Å². The first-order valence-electron chi connectivity index (χ1n) is 6.45. The highest BCUT2D eigenvalue weighted by atomic mass is 16.3. The van der Waals surface area contributed by atoms with Gasteiger partial charge in [0, 0.05) is 12.1 Å². The Morgan fingerprint density at radius 1 is 1.22 bits per heavy atom. The van der Waals surface area contributed by atoms with Crippen LogP contribution >= 0.6 is 0 Å². The molecule has 0 spiro atoms. The van der Waals surface area contributed by atoms with Crippen LogP contribution in [0.25, 0.3) is 0 Å². The molecule has 1 fully saturated rings. The quantitative estimate of drug-likeness (QED) is 0.896. The summed E-state index contributed by atoms with van der Waals surface area (Å²) in [6.07, 6.45) is 4.71. The molecule has 1 aliphatic rings. The maximum atomic E-state index is 9.86. The molecular formula is C14H17N3O. The van der Waals surface area contributed by atoms with Crippen LogP contribution in [0.5, 0.6) is 0 Å². The van der Waals surface area contributed by atoms with Crippen molar-refractivity contribution in [1.82, 2.24) is 15.0 Å². The van der Waals surface area contributed by atoms with Crippen LogP contribution in [0.15, 0.2) is 36.5 Å². The average molecular weight is 243 g/mol. The highest BCUT2D eigenvalue weighted by Crippen LogP contribution is 2.33. The topological polar surface area (TPSA) is 50.9 Å². The fourth-order valence-electron chi connectivity index (χ4n) is 2.62. The van der Waals surface area contributed by atoms with Crippen LogP contribution in [0.4, 0.5) is 0 Å². The number of hydrogen-bond acceptors (Lipinski definition) is 3. The second-order valence-electron chi connectivity index (χ2n) is 4.93. The van der Waals surface area contributed by atoms with Crippen molar-refractivity contribution in [2.24, 2.45) is 0 Å². The third-order valence-electron chi connectivity index (χ3n) is 3.60. The molecule has 1 aliphatic carbocycles. The predicted molar refractivity (Wildman–Crippen MR) is 68.2 cm³/mol. The molecule has 0 amide bonds. The molecule has 0 unspecified atom stereocenters. The van der Waals surface area contributed by atoms with E-state index in [1.54, 1.807) is 0 Å². The monoisotopic (exact) mass is 243 g/mol. The number of hydrogen-bond donors (Lipinski definition) is 1. The number of rotatable bonds is 3. The molecule has 1 saturated carbocycles. The van der Waals surface area contributed by atoms with E-state index in [1.807, 2.05) is 29.1 Å². The Morgan fingerprint density at radius 3 is 2.78 bits per heavy atom. The van der Waals surface area contributed by atoms with Gasteiger partial charge in [-0.2, -0.15) is 0 Å². The van der Waals surface area contributed by atoms with Crippen molar-refractivity contribution in [1.29, 1.82) is 0 Å². The highest BCUT2D eigenvalue weighted by molar-refractivity contribution is 5.15. The molecule has 1 aromatic heterocycles. The molecule has 94 valence electrons. The average Bonchev–Trinajstić information content (AvgIpc) is 2.99. The molecule has 0 bridgehead atoms. The van der Waals surface area contributed by atoms with Crippen LogP contribution in [0.3, 0.4) is 0 Å². The van der Waals surface area contributed by atoms with E-state index in [1.165, 1.54) is 5.56 Å². The van der Waals surface area contributed by atoms with Crippen LogP contribution in [-0.4, -0.2) is 26.2 Å². The minimum Gasteiger partial charge on any atom is -0.392 e. The maximum Gasteiger partial charge on any atom is 0.0883 e. The second kappa shape index (κ2) is 4.90. The fraction of sp³-hybridized carbons (Fsp3) is 0.429. The Balaban J connectivity index is 1.74. The van der Waals surface area contributed by atoms with E-state index in [-0.39, 0.29) is 12.0 Å². The van der Waals surface area contributed by atoms with Gasteiger partial charge in [-0.1, -0.05) is 42.0 Å². The van der Waals surface area contributed by atoms with E-state index in [9.17, 15) is 5.11 Å². The van der Waals surface area contributed by atoms with E-state index in [0.717, 1.165) is 31.5 Å². The SMILES string of the molecule is O[C@H]1CCC[C@@H]1c1cn(Cc2ccccc2)nn1. The summed E-state index contributed by atoms with van der Waals surface area (Å²) in [6, 6.07) is 10.2. The number of aromatic nitrogens is 3. The Bertz CT molecular complexity index is 509. The fourth-order valence-corrected chi connectivity index (χ4v) is 2.62. The minimum absolute atomic E-state index is 0.175. The van der Waals surface area contributed by atoms with Gasteiger partial charge in [0.2, 0.25) is 0 Å². The number of aliphatic hydroxyl groups excluding tert-OH is 1. The molecule has 4 heteroatoms. The van der Waals surface area contributed by atoms with E-state index in [0.29, 0.717) is 0 Å². The van der Waals surface area contributed by atoms with Crippen LogP contribution < -0.4 is 0 Å².